The van der Waals surface area contributed by atoms with Gasteiger partial charge in [0.2, 0.25) is 0 Å². The van der Waals surface area contributed by atoms with E-state index in [2.05, 4.69) is 10.3 Å². The van der Waals surface area contributed by atoms with Crippen molar-refractivity contribution in [1.29, 1.82) is 0 Å². The molecule has 0 bridgehead atoms. The molecule has 2 amide bonds. The predicted octanol–water partition coefficient (Wildman–Crippen LogP) is 2.41. The predicted molar refractivity (Wildman–Crippen MR) is 68.2 cm³/mol. The van der Waals surface area contributed by atoms with Crippen LogP contribution < -0.4 is 5.32 Å². The number of nitrogens with one attached hydrogen (secondary N) is 1. The van der Waals surface area contributed by atoms with Crippen molar-refractivity contribution in [2.24, 2.45) is 4.99 Å². The Morgan fingerprint density at radius 3 is 2.06 bits per heavy atom. The lowest BCUT2D eigenvalue weighted by Crippen LogP contribution is -2.39. The molecule has 0 aromatic rings. The molecule has 1 rings (SSSR count). The van der Waals surface area contributed by atoms with Crippen LogP contribution in [-0.4, -0.2) is 23.1 Å². The molecule has 4 heteroatoms. The van der Waals surface area contributed by atoms with E-state index in [0.717, 1.165) is 11.1 Å². The Bertz CT molecular complexity index is 425. The highest BCUT2D eigenvalue weighted by atomic mass is 16.2. The molecule has 0 radical (unpaired) electrons. The van der Waals surface area contributed by atoms with Crippen LogP contribution in [0.3, 0.4) is 0 Å². The van der Waals surface area contributed by atoms with E-state index in [1.807, 2.05) is 20.8 Å². The van der Waals surface area contributed by atoms with Crippen LogP contribution in [0, 0.1) is 0 Å². The van der Waals surface area contributed by atoms with Crippen LogP contribution >= 0.6 is 0 Å². The van der Waals surface area contributed by atoms with Gasteiger partial charge >= 0.3 is 6.03 Å². The van der Waals surface area contributed by atoms with Crippen molar-refractivity contribution >= 4 is 17.5 Å². The van der Waals surface area contributed by atoms with Crippen LogP contribution in [0.1, 0.15) is 34.6 Å². The molecule has 1 aliphatic rings. The molecule has 0 heterocycles. The molecule has 0 aromatic carbocycles. The average molecular weight is 234 g/mol. The van der Waals surface area contributed by atoms with E-state index in [1.54, 1.807) is 13.8 Å². The van der Waals surface area contributed by atoms with Gasteiger partial charge in [0, 0.05) is 5.54 Å². The van der Waals surface area contributed by atoms with Gasteiger partial charge in [0.1, 0.15) is 0 Å². The summed E-state index contributed by atoms with van der Waals surface area (Å²) >= 11 is 0. The van der Waals surface area contributed by atoms with Gasteiger partial charge in [-0.1, -0.05) is 0 Å². The normalized spacial score (nSPS) is 16.3. The third kappa shape index (κ3) is 3.98. The molecule has 92 valence electrons. The summed E-state index contributed by atoms with van der Waals surface area (Å²) in [6.45, 7) is 9.22. The zero-order chi connectivity index (χ0) is 13.2. The Morgan fingerprint density at radius 2 is 1.65 bits per heavy atom. The molecule has 0 saturated heterocycles. The van der Waals surface area contributed by atoms with Gasteiger partial charge in [0.25, 0.3) is 0 Å². The van der Waals surface area contributed by atoms with Crippen LogP contribution in [-0.2, 0) is 4.79 Å². The molecular weight excluding hydrogens is 216 g/mol. The van der Waals surface area contributed by atoms with Gasteiger partial charge in [-0.15, -0.1) is 0 Å². The first-order chi connectivity index (χ1) is 7.69. The monoisotopic (exact) mass is 234 g/mol. The lowest BCUT2D eigenvalue weighted by Gasteiger charge is -2.19. The maximum atomic E-state index is 11.7. The SMILES string of the molecule is CC1=CC(=O)C=C(C)C1=NC(=O)NC(C)(C)C. The van der Waals surface area contributed by atoms with Gasteiger partial charge in [-0.3, -0.25) is 4.79 Å². The Balaban J connectivity index is 2.93. The number of carbonyl (C=O) groups is 2. The van der Waals surface area contributed by atoms with Crippen LogP contribution in [0.4, 0.5) is 4.79 Å². The van der Waals surface area contributed by atoms with Crippen molar-refractivity contribution in [1.82, 2.24) is 5.32 Å². The molecular formula is C13H18N2O2. The molecule has 0 fully saturated rings. The summed E-state index contributed by atoms with van der Waals surface area (Å²) in [6.07, 6.45) is 2.96. The van der Waals surface area contributed by atoms with E-state index in [9.17, 15) is 9.59 Å². The average Bonchev–Trinajstić information content (AvgIpc) is 2.08. The summed E-state index contributed by atoms with van der Waals surface area (Å²) in [7, 11) is 0. The van der Waals surface area contributed by atoms with Gasteiger partial charge in [0.05, 0.1) is 5.71 Å². The maximum absolute atomic E-state index is 11.7. The second-order valence-electron chi connectivity index (χ2n) is 5.20. The van der Waals surface area contributed by atoms with Crippen molar-refractivity contribution < 1.29 is 9.59 Å². The third-order valence-corrected chi connectivity index (χ3v) is 2.16. The van der Waals surface area contributed by atoms with Gasteiger partial charge in [-0.25, -0.2) is 4.79 Å². The number of hydrogen-bond donors (Lipinski definition) is 1. The number of urea groups is 1. The molecule has 0 saturated carbocycles. The smallest absolute Gasteiger partial charge is 0.332 e. The maximum Gasteiger partial charge on any atom is 0.341 e. The van der Waals surface area contributed by atoms with Crippen LogP contribution in [0.2, 0.25) is 0 Å². The molecule has 17 heavy (non-hydrogen) atoms. The lowest BCUT2D eigenvalue weighted by atomic mass is 9.97. The van der Waals surface area contributed by atoms with Crippen LogP contribution in [0.25, 0.3) is 0 Å². The largest absolute Gasteiger partial charge is 0.341 e. The highest BCUT2D eigenvalue weighted by Crippen LogP contribution is 2.14. The van der Waals surface area contributed by atoms with E-state index >= 15 is 0 Å². The standard InChI is InChI=1S/C13H18N2O2/c1-8-6-10(16)7-9(2)11(8)14-12(17)15-13(3,4)5/h6-7H,1-5H3,(H,15,17). The number of nitrogens with zero attached hydrogens (tertiary/aromatic N) is 1. The van der Waals surface area contributed by atoms with Crippen molar-refractivity contribution in [3.8, 4) is 0 Å². The van der Waals surface area contributed by atoms with E-state index in [4.69, 9.17) is 0 Å². The topological polar surface area (TPSA) is 58.5 Å². The fourth-order valence-corrected chi connectivity index (χ4v) is 1.54. The Morgan fingerprint density at radius 1 is 1.18 bits per heavy atom. The number of allylic oxidation sites excluding steroid dienone is 4. The summed E-state index contributed by atoms with van der Waals surface area (Å²) in [5.41, 5.74) is 1.70. The van der Waals surface area contributed by atoms with Gasteiger partial charge in [-0.05, 0) is 57.9 Å². The lowest BCUT2D eigenvalue weighted by molar-refractivity contribution is -0.110. The Hall–Kier alpha value is -1.71. The fourth-order valence-electron chi connectivity index (χ4n) is 1.54. The minimum absolute atomic E-state index is 0.0600. The Kier molecular flexibility index (Phi) is 3.66. The summed E-state index contributed by atoms with van der Waals surface area (Å²) in [5.74, 6) is -0.0600. The van der Waals surface area contributed by atoms with Crippen molar-refractivity contribution in [3.63, 3.8) is 0 Å². The molecule has 0 spiro atoms. The summed E-state index contributed by atoms with van der Waals surface area (Å²) in [5, 5.41) is 2.75. The number of aliphatic imine (C=N–C) groups is 1. The van der Waals surface area contributed by atoms with Crippen LogP contribution in [0.15, 0.2) is 28.3 Å². The number of hydrogen-bond acceptors (Lipinski definition) is 2. The second kappa shape index (κ2) is 4.65. The third-order valence-electron chi connectivity index (χ3n) is 2.16. The number of ketones is 1. The first-order valence-electron chi connectivity index (χ1n) is 5.51. The molecule has 0 aliphatic heterocycles. The molecule has 0 atom stereocenters. The van der Waals surface area contributed by atoms with E-state index in [0.29, 0.717) is 5.71 Å². The summed E-state index contributed by atoms with van der Waals surface area (Å²) < 4.78 is 0. The van der Waals surface area contributed by atoms with Crippen molar-refractivity contribution in [2.45, 2.75) is 40.2 Å². The van der Waals surface area contributed by atoms with Gasteiger partial charge < -0.3 is 5.32 Å². The number of rotatable bonds is 0. The molecule has 4 nitrogen and oxygen atoms in total. The fraction of sp³-hybridized carbons (Fsp3) is 0.462. The van der Waals surface area contributed by atoms with E-state index < -0.39 is 0 Å². The van der Waals surface area contributed by atoms with Gasteiger partial charge in [0.15, 0.2) is 5.78 Å². The highest BCUT2D eigenvalue weighted by Gasteiger charge is 2.17. The minimum Gasteiger partial charge on any atom is -0.332 e. The first kappa shape index (κ1) is 13.4. The van der Waals surface area contributed by atoms with Crippen molar-refractivity contribution in [2.75, 3.05) is 0 Å². The van der Waals surface area contributed by atoms with E-state index in [1.165, 1.54) is 12.2 Å². The molecule has 0 unspecified atom stereocenters. The quantitative estimate of drug-likeness (QED) is 0.654. The molecule has 1 N–H and O–H groups in total. The van der Waals surface area contributed by atoms with E-state index in [-0.39, 0.29) is 17.4 Å². The molecule has 1 aliphatic carbocycles. The zero-order valence-electron chi connectivity index (χ0n) is 10.9. The summed E-state index contributed by atoms with van der Waals surface area (Å²) in [4.78, 5) is 26.9. The number of carbonyl (C=O) groups excluding carboxylic acids is 2. The first-order valence-corrected chi connectivity index (χ1v) is 5.51. The molecule has 0 aromatic heterocycles. The minimum atomic E-state index is -0.387. The number of amides is 2. The highest BCUT2D eigenvalue weighted by molar-refractivity contribution is 6.24. The summed E-state index contributed by atoms with van der Waals surface area (Å²) in [6, 6.07) is -0.387. The van der Waals surface area contributed by atoms with Crippen LogP contribution in [0.5, 0.6) is 0 Å². The zero-order valence-corrected chi connectivity index (χ0v) is 10.9. The second-order valence-corrected chi connectivity index (χ2v) is 5.20. The van der Waals surface area contributed by atoms with Gasteiger partial charge in [-0.2, -0.15) is 4.99 Å². The Labute approximate surface area is 102 Å². The van der Waals surface area contributed by atoms with Crippen molar-refractivity contribution in [3.05, 3.63) is 23.3 Å².